The number of benzene rings is 1. The molecule has 3 nitrogen and oxygen atoms in total. The number of ether oxygens (including phenoxy) is 1. The van der Waals surface area contributed by atoms with E-state index >= 15 is 0 Å². The molecule has 0 aliphatic carbocycles. The van der Waals surface area contributed by atoms with E-state index in [2.05, 4.69) is 17.4 Å². The molecule has 76 valence electrons. The van der Waals surface area contributed by atoms with Gasteiger partial charge in [-0.3, -0.25) is 0 Å². The van der Waals surface area contributed by atoms with Gasteiger partial charge in [0.05, 0.1) is 19.3 Å². The topological polar surface area (TPSA) is 47.3 Å². The number of nitrogens with one attached hydrogen (secondary N) is 1. The van der Waals surface area contributed by atoms with E-state index in [1.807, 2.05) is 13.0 Å². The first-order valence-corrected chi connectivity index (χ1v) is 4.94. The second kappa shape index (κ2) is 3.98. The minimum atomic E-state index is 0.322. The molecule has 1 saturated heterocycles. The van der Waals surface area contributed by atoms with E-state index in [4.69, 9.17) is 10.5 Å². The lowest BCUT2D eigenvalue weighted by Gasteiger charge is -2.24. The molecule has 0 aromatic heterocycles. The molecule has 1 heterocycles. The Labute approximate surface area is 84.3 Å². The number of rotatable bonds is 1. The Kier molecular flexibility index (Phi) is 2.70. The summed E-state index contributed by atoms with van der Waals surface area (Å²) in [4.78, 5) is 0. The van der Waals surface area contributed by atoms with Crippen molar-refractivity contribution in [3.63, 3.8) is 0 Å². The van der Waals surface area contributed by atoms with E-state index in [1.165, 1.54) is 5.56 Å². The minimum Gasteiger partial charge on any atom is -0.399 e. The molecule has 1 aromatic rings. The quantitative estimate of drug-likeness (QED) is 0.658. The average molecular weight is 192 g/mol. The fraction of sp³-hybridized carbons (Fsp3) is 0.455. The fourth-order valence-electron chi connectivity index (χ4n) is 1.70. The SMILES string of the molecule is Cc1cc(C2COCCN2)ccc1N. The van der Waals surface area contributed by atoms with Crippen LogP contribution in [0.3, 0.4) is 0 Å². The van der Waals surface area contributed by atoms with Crippen molar-refractivity contribution in [3.05, 3.63) is 29.3 Å². The summed E-state index contributed by atoms with van der Waals surface area (Å²) in [5.41, 5.74) is 9.01. The van der Waals surface area contributed by atoms with Crippen molar-refractivity contribution >= 4 is 5.69 Å². The van der Waals surface area contributed by atoms with Crippen LogP contribution in [0.15, 0.2) is 18.2 Å². The van der Waals surface area contributed by atoms with E-state index in [9.17, 15) is 0 Å². The number of morpholine rings is 1. The zero-order valence-electron chi connectivity index (χ0n) is 8.42. The molecule has 1 unspecified atom stereocenters. The molecule has 2 rings (SSSR count). The molecular formula is C11H16N2O. The van der Waals surface area contributed by atoms with Gasteiger partial charge in [-0.05, 0) is 24.1 Å². The maximum Gasteiger partial charge on any atom is 0.0662 e. The van der Waals surface area contributed by atoms with Gasteiger partial charge < -0.3 is 15.8 Å². The molecule has 1 fully saturated rings. The molecule has 1 atom stereocenters. The Morgan fingerprint density at radius 1 is 1.50 bits per heavy atom. The third-order valence-corrected chi connectivity index (χ3v) is 2.62. The smallest absolute Gasteiger partial charge is 0.0662 e. The van der Waals surface area contributed by atoms with Gasteiger partial charge in [0.2, 0.25) is 0 Å². The summed E-state index contributed by atoms with van der Waals surface area (Å²) in [6.07, 6.45) is 0. The first kappa shape index (κ1) is 9.49. The summed E-state index contributed by atoms with van der Waals surface area (Å²) in [7, 11) is 0. The number of anilines is 1. The zero-order chi connectivity index (χ0) is 9.97. The van der Waals surface area contributed by atoms with Crippen LogP contribution in [0.5, 0.6) is 0 Å². The van der Waals surface area contributed by atoms with Crippen LogP contribution < -0.4 is 11.1 Å². The summed E-state index contributed by atoms with van der Waals surface area (Å²) >= 11 is 0. The number of nitrogen functional groups attached to an aromatic ring is 1. The van der Waals surface area contributed by atoms with E-state index in [1.54, 1.807) is 0 Å². The third-order valence-electron chi connectivity index (χ3n) is 2.62. The summed E-state index contributed by atoms with van der Waals surface area (Å²) in [5, 5.41) is 3.42. The van der Waals surface area contributed by atoms with Crippen LogP contribution >= 0.6 is 0 Å². The number of hydrogen-bond donors (Lipinski definition) is 2. The highest BCUT2D eigenvalue weighted by molar-refractivity contribution is 5.48. The van der Waals surface area contributed by atoms with Gasteiger partial charge in [-0.1, -0.05) is 12.1 Å². The maximum atomic E-state index is 5.77. The Balaban J connectivity index is 2.18. The van der Waals surface area contributed by atoms with Gasteiger partial charge in [-0.15, -0.1) is 0 Å². The lowest BCUT2D eigenvalue weighted by Crippen LogP contribution is -2.34. The van der Waals surface area contributed by atoms with Crippen LogP contribution in [0.4, 0.5) is 5.69 Å². The molecule has 1 aromatic carbocycles. The molecule has 0 spiro atoms. The number of aryl methyl sites for hydroxylation is 1. The summed E-state index contributed by atoms with van der Waals surface area (Å²) in [6.45, 7) is 4.52. The van der Waals surface area contributed by atoms with Crippen LogP contribution in [0.1, 0.15) is 17.2 Å². The van der Waals surface area contributed by atoms with Crippen molar-refractivity contribution < 1.29 is 4.74 Å². The second-order valence-corrected chi connectivity index (χ2v) is 3.70. The van der Waals surface area contributed by atoms with Crippen molar-refractivity contribution in [3.8, 4) is 0 Å². The highest BCUT2D eigenvalue weighted by atomic mass is 16.5. The van der Waals surface area contributed by atoms with E-state index in [-0.39, 0.29) is 0 Å². The summed E-state index contributed by atoms with van der Waals surface area (Å²) in [5.74, 6) is 0. The standard InChI is InChI=1S/C11H16N2O/c1-8-6-9(2-3-10(8)12)11-7-14-5-4-13-11/h2-3,6,11,13H,4-5,7,12H2,1H3. The van der Waals surface area contributed by atoms with Crippen LogP contribution in [-0.4, -0.2) is 19.8 Å². The molecule has 3 heteroatoms. The summed E-state index contributed by atoms with van der Waals surface area (Å²) in [6, 6.07) is 6.47. The monoisotopic (exact) mass is 192 g/mol. The third kappa shape index (κ3) is 1.89. The van der Waals surface area contributed by atoms with Crippen molar-refractivity contribution in [2.75, 3.05) is 25.5 Å². The van der Waals surface area contributed by atoms with Gasteiger partial charge in [-0.25, -0.2) is 0 Å². The highest BCUT2D eigenvalue weighted by Gasteiger charge is 2.15. The Bertz CT molecular complexity index is 319. The highest BCUT2D eigenvalue weighted by Crippen LogP contribution is 2.20. The van der Waals surface area contributed by atoms with Crippen LogP contribution in [0, 0.1) is 6.92 Å². The van der Waals surface area contributed by atoms with E-state index in [0.29, 0.717) is 6.04 Å². The van der Waals surface area contributed by atoms with Gasteiger partial charge in [0, 0.05) is 12.2 Å². The first-order chi connectivity index (χ1) is 6.77. The Morgan fingerprint density at radius 2 is 2.36 bits per heavy atom. The molecule has 3 N–H and O–H groups in total. The molecule has 0 amide bonds. The second-order valence-electron chi connectivity index (χ2n) is 3.70. The van der Waals surface area contributed by atoms with E-state index < -0.39 is 0 Å². The largest absolute Gasteiger partial charge is 0.399 e. The van der Waals surface area contributed by atoms with Crippen LogP contribution in [-0.2, 0) is 4.74 Å². The van der Waals surface area contributed by atoms with Gasteiger partial charge in [-0.2, -0.15) is 0 Å². The molecule has 14 heavy (non-hydrogen) atoms. The average Bonchev–Trinajstić information content (AvgIpc) is 2.23. The molecule has 0 bridgehead atoms. The maximum absolute atomic E-state index is 5.77. The zero-order valence-corrected chi connectivity index (χ0v) is 8.42. The number of hydrogen-bond acceptors (Lipinski definition) is 3. The van der Waals surface area contributed by atoms with Crippen LogP contribution in [0.25, 0.3) is 0 Å². The molecular weight excluding hydrogens is 176 g/mol. The lowest BCUT2D eigenvalue weighted by molar-refractivity contribution is 0.0769. The van der Waals surface area contributed by atoms with Gasteiger partial charge >= 0.3 is 0 Å². The molecule has 0 saturated carbocycles. The van der Waals surface area contributed by atoms with E-state index in [0.717, 1.165) is 31.0 Å². The molecule has 1 aliphatic rings. The van der Waals surface area contributed by atoms with Crippen molar-refractivity contribution in [2.24, 2.45) is 0 Å². The summed E-state index contributed by atoms with van der Waals surface area (Å²) < 4.78 is 5.41. The molecule has 0 radical (unpaired) electrons. The Hall–Kier alpha value is -1.06. The van der Waals surface area contributed by atoms with Crippen LogP contribution in [0.2, 0.25) is 0 Å². The Morgan fingerprint density at radius 3 is 3.00 bits per heavy atom. The lowest BCUT2D eigenvalue weighted by atomic mass is 10.0. The predicted octanol–water partition coefficient (Wildman–Crippen LogP) is 1.24. The van der Waals surface area contributed by atoms with Crippen molar-refractivity contribution in [2.45, 2.75) is 13.0 Å². The predicted molar refractivity (Wildman–Crippen MR) is 57.2 cm³/mol. The van der Waals surface area contributed by atoms with Crippen molar-refractivity contribution in [1.29, 1.82) is 0 Å². The van der Waals surface area contributed by atoms with Crippen molar-refractivity contribution in [1.82, 2.24) is 5.32 Å². The normalized spacial score (nSPS) is 22.2. The molecule has 1 aliphatic heterocycles. The number of nitrogens with two attached hydrogens (primary N) is 1. The van der Waals surface area contributed by atoms with Gasteiger partial charge in [0.1, 0.15) is 0 Å². The van der Waals surface area contributed by atoms with Gasteiger partial charge in [0.15, 0.2) is 0 Å². The first-order valence-electron chi connectivity index (χ1n) is 4.94. The minimum absolute atomic E-state index is 0.322. The van der Waals surface area contributed by atoms with Gasteiger partial charge in [0.25, 0.3) is 0 Å². The fourth-order valence-corrected chi connectivity index (χ4v) is 1.70.